The first kappa shape index (κ1) is 15.0. The van der Waals surface area contributed by atoms with Crippen LogP contribution in [0.4, 0.5) is 0 Å². The summed E-state index contributed by atoms with van der Waals surface area (Å²) in [6, 6.07) is 2.01. The largest absolute Gasteiger partial charge is 0.350 e. The van der Waals surface area contributed by atoms with E-state index in [4.69, 9.17) is 0 Å². The molecule has 4 nitrogen and oxygen atoms in total. The minimum absolute atomic E-state index is 0.0550. The molecule has 0 aliphatic carbocycles. The molecule has 0 aliphatic rings. The number of imidazole rings is 1. The average Bonchev–Trinajstić information content (AvgIpc) is 2.74. The van der Waals surface area contributed by atoms with Crippen molar-refractivity contribution in [1.82, 2.24) is 14.7 Å². The Labute approximate surface area is 127 Å². The lowest BCUT2D eigenvalue weighted by Crippen LogP contribution is -2.29. The maximum atomic E-state index is 12.4. The number of amides is 1. The molecule has 0 spiro atoms. The van der Waals surface area contributed by atoms with Crippen LogP contribution in [0.2, 0.25) is 0 Å². The summed E-state index contributed by atoms with van der Waals surface area (Å²) in [5, 5.41) is 2.98. The fraction of sp³-hybridized carbons (Fsp3) is 0.467. The minimum Gasteiger partial charge on any atom is -0.350 e. The predicted octanol–water partition coefficient (Wildman–Crippen LogP) is 3.35. The number of carbonyl (C=O) groups excluding carboxylic acids is 1. The molecule has 1 amide bonds. The Bertz CT molecular complexity index is 646. The molecule has 2 rings (SSSR count). The highest BCUT2D eigenvalue weighted by atomic mass is 79.9. The molecule has 0 saturated carbocycles. The van der Waals surface area contributed by atoms with E-state index in [9.17, 15) is 4.79 Å². The van der Waals surface area contributed by atoms with E-state index in [0.29, 0.717) is 18.2 Å². The third-order valence-electron chi connectivity index (χ3n) is 3.10. The first-order chi connectivity index (χ1) is 9.43. The summed E-state index contributed by atoms with van der Waals surface area (Å²) < 4.78 is 2.79. The minimum atomic E-state index is -0.0550. The van der Waals surface area contributed by atoms with Crippen molar-refractivity contribution in [2.75, 3.05) is 6.54 Å². The first-order valence-electron chi connectivity index (χ1n) is 6.89. The van der Waals surface area contributed by atoms with Gasteiger partial charge in [-0.25, -0.2) is 4.98 Å². The third-order valence-corrected chi connectivity index (χ3v) is 3.69. The van der Waals surface area contributed by atoms with Crippen LogP contribution in [0.25, 0.3) is 5.65 Å². The fourth-order valence-corrected chi connectivity index (χ4v) is 2.79. The van der Waals surface area contributed by atoms with E-state index < -0.39 is 0 Å². The molecule has 2 aromatic rings. The van der Waals surface area contributed by atoms with E-state index in [1.807, 2.05) is 30.5 Å². The first-order valence-corrected chi connectivity index (χ1v) is 7.68. The summed E-state index contributed by atoms with van der Waals surface area (Å²) in [7, 11) is 0. The van der Waals surface area contributed by atoms with E-state index in [1.54, 1.807) is 0 Å². The van der Waals surface area contributed by atoms with E-state index >= 15 is 0 Å². The molecular formula is C15H20BrN3O. The zero-order chi connectivity index (χ0) is 14.9. The number of rotatable bonds is 4. The lowest BCUT2D eigenvalue weighted by molar-refractivity contribution is 0.0942. The van der Waals surface area contributed by atoms with Gasteiger partial charge in [0, 0.05) is 12.7 Å². The highest BCUT2D eigenvalue weighted by molar-refractivity contribution is 9.10. The average molecular weight is 338 g/mol. The molecule has 108 valence electrons. The van der Waals surface area contributed by atoms with Crippen molar-refractivity contribution in [3.63, 3.8) is 0 Å². The zero-order valence-corrected chi connectivity index (χ0v) is 13.9. The monoisotopic (exact) mass is 337 g/mol. The smallest absolute Gasteiger partial charge is 0.270 e. The number of aromatic nitrogens is 2. The summed E-state index contributed by atoms with van der Waals surface area (Å²) in [5.74, 6) is 0.372. The molecule has 0 atom stereocenters. The Morgan fingerprint density at radius 1 is 1.50 bits per heavy atom. The Balaban J connectivity index is 2.52. The van der Waals surface area contributed by atoms with Gasteiger partial charge < -0.3 is 5.32 Å². The van der Waals surface area contributed by atoms with Crippen molar-refractivity contribution in [3.05, 3.63) is 33.7 Å². The summed E-state index contributed by atoms with van der Waals surface area (Å²) in [6.07, 6.45) is 2.69. The van der Waals surface area contributed by atoms with Crippen molar-refractivity contribution in [2.45, 2.75) is 34.1 Å². The second kappa shape index (κ2) is 5.95. The van der Waals surface area contributed by atoms with Crippen LogP contribution in [-0.4, -0.2) is 21.8 Å². The zero-order valence-electron chi connectivity index (χ0n) is 12.3. The normalized spacial score (nSPS) is 11.3. The molecule has 5 heteroatoms. The second-order valence-electron chi connectivity index (χ2n) is 5.42. The number of nitrogens with zero attached hydrogens (tertiary/aromatic N) is 2. The van der Waals surface area contributed by atoms with Crippen molar-refractivity contribution in [3.8, 4) is 0 Å². The van der Waals surface area contributed by atoms with Gasteiger partial charge in [-0.3, -0.25) is 9.20 Å². The maximum absolute atomic E-state index is 12.4. The molecule has 0 aromatic carbocycles. The molecule has 20 heavy (non-hydrogen) atoms. The molecular weight excluding hydrogens is 318 g/mol. The summed E-state index contributed by atoms with van der Waals surface area (Å²) in [5.41, 5.74) is 3.36. The second-order valence-corrected chi connectivity index (χ2v) is 6.28. The van der Waals surface area contributed by atoms with Gasteiger partial charge in [0.1, 0.15) is 5.69 Å². The van der Waals surface area contributed by atoms with Gasteiger partial charge in [-0.2, -0.15) is 0 Å². The number of carbonyl (C=O) groups is 1. The quantitative estimate of drug-likeness (QED) is 0.929. The number of hydrogen-bond donors (Lipinski definition) is 1. The molecule has 0 bridgehead atoms. The van der Waals surface area contributed by atoms with Gasteiger partial charge in [0.25, 0.3) is 5.91 Å². The Kier molecular flexibility index (Phi) is 4.48. The van der Waals surface area contributed by atoms with Gasteiger partial charge >= 0.3 is 0 Å². The van der Waals surface area contributed by atoms with E-state index in [2.05, 4.69) is 40.1 Å². The number of nitrogens with one attached hydrogen (secondary N) is 1. The van der Waals surface area contributed by atoms with Crippen molar-refractivity contribution in [1.29, 1.82) is 0 Å². The molecule has 2 heterocycles. The summed E-state index contributed by atoms with van der Waals surface area (Å²) >= 11 is 3.52. The SMILES string of the molecule is CCc1nc2c(Br)cc(C)cn2c1C(=O)NCC(C)C. The van der Waals surface area contributed by atoms with Crippen LogP contribution in [0.3, 0.4) is 0 Å². The van der Waals surface area contributed by atoms with E-state index in [0.717, 1.165) is 27.8 Å². The van der Waals surface area contributed by atoms with Crippen LogP contribution in [0.1, 0.15) is 42.5 Å². The molecule has 0 unspecified atom stereocenters. The topological polar surface area (TPSA) is 46.4 Å². The number of hydrogen-bond acceptors (Lipinski definition) is 2. The highest BCUT2D eigenvalue weighted by Crippen LogP contribution is 2.23. The van der Waals surface area contributed by atoms with Gasteiger partial charge in [-0.05, 0) is 46.8 Å². The van der Waals surface area contributed by atoms with Crippen molar-refractivity contribution >= 4 is 27.5 Å². The van der Waals surface area contributed by atoms with Crippen LogP contribution in [-0.2, 0) is 6.42 Å². The van der Waals surface area contributed by atoms with Gasteiger partial charge in [0.2, 0.25) is 0 Å². The van der Waals surface area contributed by atoms with Gasteiger partial charge in [-0.1, -0.05) is 20.8 Å². The Hall–Kier alpha value is -1.36. The summed E-state index contributed by atoms with van der Waals surface area (Å²) in [4.78, 5) is 17.0. The summed E-state index contributed by atoms with van der Waals surface area (Å²) in [6.45, 7) is 8.85. The lowest BCUT2D eigenvalue weighted by Gasteiger charge is -2.09. The van der Waals surface area contributed by atoms with Crippen LogP contribution >= 0.6 is 15.9 Å². The molecule has 0 radical (unpaired) electrons. The number of fused-ring (bicyclic) bond motifs is 1. The van der Waals surface area contributed by atoms with Gasteiger partial charge in [0.15, 0.2) is 5.65 Å². The molecule has 0 saturated heterocycles. The molecule has 1 N–H and O–H groups in total. The third kappa shape index (κ3) is 2.87. The van der Waals surface area contributed by atoms with Gasteiger partial charge in [0.05, 0.1) is 10.2 Å². The van der Waals surface area contributed by atoms with Crippen LogP contribution in [0, 0.1) is 12.8 Å². The number of pyridine rings is 1. The predicted molar refractivity (Wildman–Crippen MR) is 84.2 cm³/mol. The Morgan fingerprint density at radius 3 is 2.80 bits per heavy atom. The van der Waals surface area contributed by atoms with Crippen LogP contribution in [0.15, 0.2) is 16.7 Å². The highest BCUT2D eigenvalue weighted by Gasteiger charge is 2.19. The Morgan fingerprint density at radius 2 is 2.20 bits per heavy atom. The van der Waals surface area contributed by atoms with Crippen LogP contribution < -0.4 is 5.32 Å². The van der Waals surface area contributed by atoms with E-state index in [1.165, 1.54) is 0 Å². The van der Waals surface area contributed by atoms with Crippen LogP contribution in [0.5, 0.6) is 0 Å². The molecule has 0 fully saturated rings. The maximum Gasteiger partial charge on any atom is 0.270 e. The fourth-order valence-electron chi connectivity index (χ4n) is 2.15. The number of aryl methyl sites for hydroxylation is 2. The van der Waals surface area contributed by atoms with E-state index in [-0.39, 0.29) is 5.91 Å². The standard InChI is InChI=1S/C15H20BrN3O/c1-5-12-13(15(20)17-7-9(2)3)19-8-10(4)6-11(16)14(19)18-12/h6,8-9H,5,7H2,1-4H3,(H,17,20). The van der Waals surface area contributed by atoms with Crippen molar-refractivity contribution in [2.24, 2.45) is 5.92 Å². The lowest BCUT2D eigenvalue weighted by atomic mass is 10.2. The van der Waals surface area contributed by atoms with Gasteiger partial charge in [-0.15, -0.1) is 0 Å². The number of halogens is 1. The molecule has 0 aliphatic heterocycles. The van der Waals surface area contributed by atoms with Crippen molar-refractivity contribution < 1.29 is 4.79 Å². The molecule has 2 aromatic heterocycles.